The SMILES string of the molecule is COc1cc(CN2CCCCC2c2cccnc2)cc(OC)c1OC. The zero-order chi connectivity index (χ0) is 17.6. The summed E-state index contributed by atoms with van der Waals surface area (Å²) in [7, 11) is 4.93. The third-order valence-electron chi connectivity index (χ3n) is 4.79. The molecular weight excluding hydrogens is 316 g/mol. The van der Waals surface area contributed by atoms with Crippen LogP contribution in [-0.2, 0) is 6.54 Å². The molecule has 0 spiro atoms. The second-order valence-electron chi connectivity index (χ2n) is 6.30. The molecule has 0 aliphatic carbocycles. The summed E-state index contributed by atoms with van der Waals surface area (Å²) in [6, 6.07) is 8.67. The molecule has 0 amide bonds. The molecule has 25 heavy (non-hydrogen) atoms. The highest BCUT2D eigenvalue weighted by atomic mass is 16.5. The third-order valence-corrected chi connectivity index (χ3v) is 4.79. The summed E-state index contributed by atoms with van der Waals surface area (Å²) in [4.78, 5) is 6.81. The molecule has 2 heterocycles. The lowest BCUT2D eigenvalue weighted by Gasteiger charge is -2.36. The minimum absolute atomic E-state index is 0.404. The van der Waals surface area contributed by atoms with E-state index in [4.69, 9.17) is 14.2 Å². The Kier molecular flexibility index (Phi) is 5.76. The van der Waals surface area contributed by atoms with E-state index < -0.39 is 0 Å². The Hall–Kier alpha value is -2.27. The van der Waals surface area contributed by atoms with E-state index in [2.05, 4.69) is 16.0 Å². The van der Waals surface area contributed by atoms with Gasteiger partial charge in [0, 0.05) is 25.0 Å². The number of rotatable bonds is 6. The molecule has 3 rings (SSSR count). The van der Waals surface area contributed by atoms with E-state index in [1.807, 2.05) is 30.6 Å². The Morgan fingerprint density at radius 1 is 1.08 bits per heavy atom. The van der Waals surface area contributed by atoms with E-state index in [0.717, 1.165) is 25.1 Å². The molecule has 1 atom stereocenters. The van der Waals surface area contributed by atoms with Gasteiger partial charge in [0.15, 0.2) is 11.5 Å². The van der Waals surface area contributed by atoms with Gasteiger partial charge in [-0.15, -0.1) is 0 Å². The molecule has 0 saturated carbocycles. The van der Waals surface area contributed by atoms with Crippen molar-refractivity contribution < 1.29 is 14.2 Å². The smallest absolute Gasteiger partial charge is 0.203 e. The van der Waals surface area contributed by atoms with Crippen molar-refractivity contribution in [3.63, 3.8) is 0 Å². The van der Waals surface area contributed by atoms with Gasteiger partial charge in [0.05, 0.1) is 21.3 Å². The van der Waals surface area contributed by atoms with Crippen LogP contribution in [0, 0.1) is 0 Å². The summed E-state index contributed by atoms with van der Waals surface area (Å²) < 4.78 is 16.4. The first-order valence-corrected chi connectivity index (χ1v) is 8.69. The highest BCUT2D eigenvalue weighted by molar-refractivity contribution is 5.53. The summed E-state index contributed by atoms with van der Waals surface area (Å²) in [6.07, 6.45) is 7.46. The molecular formula is C20H26N2O3. The predicted octanol–water partition coefficient (Wildman–Crippen LogP) is 3.83. The molecule has 5 heteroatoms. The third kappa shape index (κ3) is 3.87. The Labute approximate surface area is 149 Å². The van der Waals surface area contributed by atoms with Gasteiger partial charge in [0.2, 0.25) is 5.75 Å². The van der Waals surface area contributed by atoms with Crippen molar-refractivity contribution >= 4 is 0 Å². The topological polar surface area (TPSA) is 43.8 Å². The van der Waals surface area contributed by atoms with Crippen molar-refractivity contribution in [1.82, 2.24) is 9.88 Å². The van der Waals surface area contributed by atoms with Gasteiger partial charge >= 0.3 is 0 Å². The molecule has 2 aromatic rings. The first kappa shape index (κ1) is 17.5. The first-order chi connectivity index (χ1) is 12.3. The van der Waals surface area contributed by atoms with Gasteiger partial charge in [0.25, 0.3) is 0 Å². The van der Waals surface area contributed by atoms with Crippen LogP contribution in [-0.4, -0.2) is 37.8 Å². The molecule has 1 aromatic carbocycles. The Morgan fingerprint density at radius 3 is 2.44 bits per heavy atom. The number of pyridine rings is 1. The van der Waals surface area contributed by atoms with Gasteiger partial charge in [-0.05, 0) is 48.7 Å². The highest BCUT2D eigenvalue weighted by Gasteiger charge is 2.25. The van der Waals surface area contributed by atoms with E-state index in [1.54, 1.807) is 21.3 Å². The second-order valence-corrected chi connectivity index (χ2v) is 6.30. The fourth-order valence-electron chi connectivity index (χ4n) is 3.59. The highest BCUT2D eigenvalue weighted by Crippen LogP contribution is 2.39. The number of piperidine rings is 1. The largest absolute Gasteiger partial charge is 0.493 e. The lowest BCUT2D eigenvalue weighted by atomic mass is 9.95. The normalized spacial score (nSPS) is 18.0. The summed E-state index contributed by atoms with van der Waals surface area (Å²) >= 11 is 0. The van der Waals surface area contributed by atoms with E-state index in [1.165, 1.54) is 18.4 Å². The average molecular weight is 342 g/mol. The molecule has 134 valence electrons. The number of ether oxygens (including phenoxy) is 3. The lowest BCUT2D eigenvalue weighted by Crippen LogP contribution is -2.33. The van der Waals surface area contributed by atoms with Gasteiger partial charge in [0.1, 0.15) is 0 Å². The Bertz CT molecular complexity index is 666. The Balaban J connectivity index is 1.87. The molecule has 0 bridgehead atoms. The van der Waals surface area contributed by atoms with Gasteiger partial charge in [-0.2, -0.15) is 0 Å². The van der Waals surface area contributed by atoms with Gasteiger partial charge in [-0.1, -0.05) is 12.5 Å². The van der Waals surface area contributed by atoms with Crippen molar-refractivity contribution in [3.8, 4) is 17.2 Å². The van der Waals surface area contributed by atoms with Crippen LogP contribution in [0.2, 0.25) is 0 Å². The lowest BCUT2D eigenvalue weighted by molar-refractivity contribution is 0.140. The molecule has 0 radical (unpaired) electrons. The van der Waals surface area contributed by atoms with Crippen LogP contribution < -0.4 is 14.2 Å². The summed E-state index contributed by atoms with van der Waals surface area (Å²) in [5.41, 5.74) is 2.44. The maximum absolute atomic E-state index is 5.49. The van der Waals surface area contributed by atoms with Gasteiger partial charge < -0.3 is 14.2 Å². The number of nitrogens with zero attached hydrogens (tertiary/aromatic N) is 2. The van der Waals surface area contributed by atoms with Crippen LogP contribution in [0.15, 0.2) is 36.7 Å². The van der Waals surface area contributed by atoms with Crippen LogP contribution in [0.1, 0.15) is 36.4 Å². The minimum atomic E-state index is 0.404. The fraction of sp³-hybridized carbons (Fsp3) is 0.450. The van der Waals surface area contributed by atoms with Crippen LogP contribution in [0.4, 0.5) is 0 Å². The van der Waals surface area contributed by atoms with Gasteiger partial charge in [-0.3, -0.25) is 9.88 Å². The fourth-order valence-corrected chi connectivity index (χ4v) is 3.59. The van der Waals surface area contributed by atoms with E-state index in [9.17, 15) is 0 Å². The number of likely N-dealkylation sites (tertiary alicyclic amines) is 1. The molecule has 1 aliphatic heterocycles. The van der Waals surface area contributed by atoms with Crippen molar-refractivity contribution in [1.29, 1.82) is 0 Å². The maximum Gasteiger partial charge on any atom is 0.203 e. The zero-order valence-electron chi connectivity index (χ0n) is 15.2. The molecule has 1 aromatic heterocycles. The van der Waals surface area contributed by atoms with Crippen molar-refractivity contribution in [3.05, 3.63) is 47.8 Å². The maximum atomic E-state index is 5.49. The summed E-state index contributed by atoms with van der Waals surface area (Å²) in [5, 5.41) is 0. The molecule has 1 aliphatic rings. The Morgan fingerprint density at radius 2 is 1.84 bits per heavy atom. The van der Waals surface area contributed by atoms with Crippen molar-refractivity contribution in [2.24, 2.45) is 0 Å². The molecule has 1 fully saturated rings. The molecule has 1 saturated heterocycles. The predicted molar refractivity (Wildman–Crippen MR) is 97.3 cm³/mol. The summed E-state index contributed by atoms with van der Waals surface area (Å²) in [6.45, 7) is 1.92. The van der Waals surface area contributed by atoms with Crippen molar-refractivity contribution in [2.45, 2.75) is 31.8 Å². The van der Waals surface area contributed by atoms with Crippen LogP contribution in [0.5, 0.6) is 17.2 Å². The van der Waals surface area contributed by atoms with E-state index in [0.29, 0.717) is 23.3 Å². The van der Waals surface area contributed by atoms with Crippen LogP contribution in [0.25, 0.3) is 0 Å². The monoisotopic (exact) mass is 342 g/mol. The molecule has 5 nitrogen and oxygen atoms in total. The van der Waals surface area contributed by atoms with Crippen molar-refractivity contribution in [2.75, 3.05) is 27.9 Å². The average Bonchev–Trinajstić information content (AvgIpc) is 2.68. The molecule has 1 unspecified atom stereocenters. The first-order valence-electron chi connectivity index (χ1n) is 8.69. The number of aromatic nitrogens is 1. The van der Waals surface area contributed by atoms with E-state index in [-0.39, 0.29) is 0 Å². The standard InChI is InChI=1S/C20H26N2O3/c1-23-18-11-15(12-19(24-2)20(18)25-3)14-22-10-5-4-8-17(22)16-7-6-9-21-13-16/h6-7,9,11-13,17H,4-5,8,10,14H2,1-3H3. The zero-order valence-corrected chi connectivity index (χ0v) is 15.2. The number of hydrogen-bond donors (Lipinski definition) is 0. The van der Waals surface area contributed by atoms with Gasteiger partial charge in [-0.25, -0.2) is 0 Å². The summed E-state index contributed by atoms with van der Waals surface area (Å²) in [5.74, 6) is 2.04. The number of benzene rings is 1. The minimum Gasteiger partial charge on any atom is -0.493 e. The number of hydrogen-bond acceptors (Lipinski definition) is 5. The van der Waals surface area contributed by atoms with Crippen LogP contribution in [0.3, 0.4) is 0 Å². The molecule has 0 N–H and O–H groups in total. The quantitative estimate of drug-likeness (QED) is 0.798. The van der Waals surface area contributed by atoms with Crippen LogP contribution >= 0.6 is 0 Å². The second kappa shape index (κ2) is 8.21. The van der Waals surface area contributed by atoms with E-state index >= 15 is 0 Å². The number of methoxy groups -OCH3 is 3.